The lowest BCUT2D eigenvalue weighted by Crippen LogP contribution is -2.36. The van der Waals surface area contributed by atoms with E-state index in [1.807, 2.05) is 53.6 Å². The summed E-state index contributed by atoms with van der Waals surface area (Å²) >= 11 is 0. The summed E-state index contributed by atoms with van der Waals surface area (Å²) in [4.78, 5) is 15.2. The highest BCUT2D eigenvalue weighted by molar-refractivity contribution is 6.00. The lowest BCUT2D eigenvalue weighted by Gasteiger charge is -2.28. The Labute approximate surface area is 159 Å². The second-order valence-electron chi connectivity index (χ2n) is 7.08. The van der Waals surface area contributed by atoms with Gasteiger partial charge in [0.2, 0.25) is 0 Å². The van der Waals surface area contributed by atoms with Crippen molar-refractivity contribution in [3.05, 3.63) is 84.1 Å². The molecule has 0 N–H and O–H groups in total. The number of benzene rings is 2. The number of likely N-dealkylation sites (tertiary alicyclic amines) is 1. The number of aryl methyl sites for hydroxylation is 1. The first-order chi connectivity index (χ1) is 13.1. The van der Waals surface area contributed by atoms with E-state index in [4.69, 9.17) is 5.10 Å². The molecule has 4 heteroatoms. The molecule has 27 heavy (non-hydrogen) atoms. The van der Waals surface area contributed by atoms with Gasteiger partial charge in [-0.2, -0.15) is 5.10 Å². The number of piperidine rings is 1. The summed E-state index contributed by atoms with van der Waals surface area (Å²) in [5.74, 6) is 0.0428. The number of aromatic nitrogens is 2. The Morgan fingerprint density at radius 1 is 1.04 bits per heavy atom. The smallest absolute Gasteiger partial charge is 0.257 e. The summed E-state index contributed by atoms with van der Waals surface area (Å²) < 4.78 is 1.80. The third-order valence-electron chi connectivity index (χ3n) is 5.01. The maximum absolute atomic E-state index is 13.3. The van der Waals surface area contributed by atoms with Crippen molar-refractivity contribution in [1.82, 2.24) is 14.7 Å². The predicted molar refractivity (Wildman–Crippen MR) is 108 cm³/mol. The molecular formula is C23H23N3O. The maximum atomic E-state index is 13.3. The minimum Gasteiger partial charge on any atom is -0.338 e. The second-order valence-corrected chi connectivity index (χ2v) is 7.08. The van der Waals surface area contributed by atoms with Crippen molar-refractivity contribution in [1.29, 1.82) is 0 Å². The van der Waals surface area contributed by atoms with E-state index in [-0.39, 0.29) is 5.91 Å². The van der Waals surface area contributed by atoms with Crippen LogP contribution >= 0.6 is 0 Å². The second kappa shape index (κ2) is 7.23. The van der Waals surface area contributed by atoms with Crippen LogP contribution in [0, 0.1) is 6.92 Å². The number of rotatable bonds is 3. The molecule has 3 aromatic rings. The number of amides is 1. The predicted octanol–water partition coefficient (Wildman–Crippen LogP) is 4.64. The quantitative estimate of drug-likeness (QED) is 0.641. The average molecular weight is 357 g/mol. The van der Waals surface area contributed by atoms with E-state index in [9.17, 15) is 4.79 Å². The van der Waals surface area contributed by atoms with Crippen molar-refractivity contribution >= 4 is 5.91 Å². The Balaban J connectivity index is 1.77. The fourth-order valence-electron chi connectivity index (χ4n) is 3.45. The van der Waals surface area contributed by atoms with Gasteiger partial charge in [-0.3, -0.25) is 4.79 Å². The molecule has 0 radical (unpaired) electrons. The Morgan fingerprint density at radius 3 is 2.48 bits per heavy atom. The number of nitrogens with zero attached hydrogens (tertiary/aromatic N) is 3. The van der Waals surface area contributed by atoms with Gasteiger partial charge in [0.05, 0.1) is 11.3 Å². The molecule has 2 aromatic carbocycles. The van der Waals surface area contributed by atoms with Gasteiger partial charge in [-0.05, 0) is 38.0 Å². The van der Waals surface area contributed by atoms with Crippen LogP contribution in [-0.4, -0.2) is 33.7 Å². The van der Waals surface area contributed by atoms with Crippen LogP contribution in [0.4, 0.5) is 0 Å². The van der Waals surface area contributed by atoms with Crippen LogP contribution in [0.5, 0.6) is 0 Å². The summed E-state index contributed by atoms with van der Waals surface area (Å²) in [5.41, 5.74) is 5.66. The van der Waals surface area contributed by atoms with Gasteiger partial charge in [0.15, 0.2) is 0 Å². The van der Waals surface area contributed by atoms with Crippen LogP contribution < -0.4 is 0 Å². The van der Waals surface area contributed by atoms with Gasteiger partial charge in [-0.15, -0.1) is 0 Å². The highest BCUT2D eigenvalue weighted by Crippen LogP contribution is 2.27. The van der Waals surface area contributed by atoms with E-state index in [1.54, 1.807) is 4.68 Å². The van der Waals surface area contributed by atoms with Crippen molar-refractivity contribution < 1.29 is 4.79 Å². The van der Waals surface area contributed by atoms with Crippen LogP contribution in [0.1, 0.15) is 28.8 Å². The molecule has 4 nitrogen and oxygen atoms in total. The number of carbonyl (C=O) groups is 1. The topological polar surface area (TPSA) is 38.1 Å². The molecule has 136 valence electrons. The molecule has 0 spiro atoms. The average Bonchev–Trinajstić information content (AvgIpc) is 3.14. The minimum atomic E-state index is 0.0428. The largest absolute Gasteiger partial charge is 0.338 e. The molecule has 2 heterocycles. The molecule has 1 aromatic heterocycles. The van der Waals surface area contributed by atoms with Gasteiger partial charge < -0.3 is 4.90 Å². The molecule has 0 atom stereocenters. The van der Waals surface area contributed by atoms with Gasteiger partial charge in [0.25, 0.3) is 5.91 Å². The molecule has 1 aliphatic rings. The van der Waals surface area contributed by atoms with Crippen molar-refractivity contribution in [2.45, 2.75) is 19.8 Å². The van der Waals surface area contributed by atoms with Crippen LogP contribution in [0.2, 0.25) is 0 Å². The standard InChI is InChI=1S/C23H23N3O/c1-17-11-13-25(14-12-17)23(27)21-16-26(20-9-4-3-5-10-20)24-22(21)19-8-6-7-18(2)15-19/h3-10,15-16H,1,11-14H2,2H3. The van der Waals surface area contributed by atoms with Crippen LogP contribution in [-0.2, 0) is 0 Å². The van der Waals surface area contributed by atoms with E-state index < -0.39 is 0 Å². The first-order valence-electron chi connectivity index (χ1n) is 9.30. The monoisotopic (exact) mass is 357 g/mol. The van der Waals surface area contributed by atoms with Crippen molar-refractivity contribution in [3.63, 3.8) is 0 Å². The molecule has 0 aliphatic carbocycles. The van der Waals surface area contributed by atoms with Crippen molar-refractivity contribution in [2.75, 3.05) is 13.1 Å². The Hall–Kier alpha value is -3.14. The van der Waals surface area contributed by atoms with Crippen LogP contribution in [0.25, 0.3) is 16.9 Å². The van der Waals surface area contributed by atoms with Gasteiger partial charge in [0, 0.05) is 24.8 Å². The highest BCUT2D eigenvalue weighted by Gasteiger charge is 2.25. The third-order valence-corrected chi connectivity index (χ3v) is 5.01. The number of hydrogen-bond donors (Lipinski definition) is 0. The van der Waals surface area contributed by atoms with Gasteiger partial charge in [-0.25, -0.2) is 4.68 Å². The minimum absolute atomic E-state index is 0.0428. The zero-order valence-corrected chi connectivity index (χ0v) is 15.6. The van der Waals surface area contributed by atoms with Gasteiger partial charge in [0.1, 0.15) is 5.69 Å². The van der Waals surface area contributed by atoms with Gasteiger partial charge in [-0.1, -0.05) is 54.1 Å². The molecule has 1 aliphatic heterocycles. The fraction of sp³-hybridized carbons (Fsp3) is 0.217. The zero-order valence-electron chi connectivity index (χ0n) is 15.6. The van der Waals surface area contributed by atoms with E-state index >= 15 is 0 Å². The molecule has 4 rings (SSSR count). The van der Waals surface area contributed by atoms with Crippen molar-refractivity contribution in [3.8, 4) is 16.9 Å². The fourth-order valence-corrected chi connectivity index (χ4v) is 3.45. The lowest BCUT2D eigenvalue weighted by atomic mass is 10.0. The Bertz CT molecular complexity index is 978. The van der Waals surface area contributed by atoms with Crippen molar-refractivity contribution in [2.24, 2.45) is 0 Å². The van der Waals surface area contributed by atoms with Crippen LogP contribution in [0.3, 0.4) is 0 Å². The lowest BCUT2D eigenvalue weighted by molar-refractivity contribution is 0.0744. The number of hydrogen-bond acceptors (Lipinski definition) is 2. The molecule has 0 bridgehead atoms. The maximum Gasteiger partial charge on any atom is 0.257 e. The molecule has 1 fully saturated rings. The summed E-state index contributed by atoms with van der Waals surface area (Å²) in [6, 6.07) is 18.1. The summed E-state index contributed by atoms with van der Waals surface area (Å²) in [6.45, 7) is 7.54. The summed E-state index contributed by atoms with van der Waals surface area (Å²) in [7, 11) is 0. The molecule has 0 unspecified atom stereocenters. The first-order valence-corrected chi connectivity index (χ1v) is 9.30. The third kappa shape index (κ3) is 3.56. The molecule has 0 saturated carbocycles. The summed E-state index contributed by atoms with van der Waals surface area (Å²) in [5, 5.41) is 4.77. The summed E-state index contributed by atoms with van der Waals surface area (Å²) in [6.07, 6.45) is 3.61. The van der Waals surface area contributed by atoms with E-state index in [0.717, 1.165) is 48.4 Å². The Morgan fingerprint density at radius 2 is 1.78 bits per heavy atom. The van der Waals surface area contributed by atoms with Crippen LogP contribution in [0.15, 0.2) is 72.9 Å². The highest BCUT2D eigenvalue weighted by atomic mass is 16.2. The Kier molecular flexibility index (Phi) is 4.63. The number of carbonyl (C=O) groups excluding carboxylic acids is 1. The number of para-hydroxylation sites is 1. The normalized spacial score (nSPS) is 14.4. The van der Waals surface area contributed by atoms with Gasteiger partial charge >= 0.3 is 0 Å². The van der Waals surface area contributed by atoms with E-state index in [1.165, 1.54) is 5.57 Å². The molecule has 1 saturated heterocycles. The van der Waals surface area contributed by atoms with E-state index in [0.29, 0.717) is 5.56 Å². The molecule has 1 amide bonds. The SMILES string of the molecule is C=C1CCN(C(=O)c2cn(-c3ccccc3)nc2-c2cccc(C)c2)CC1. The van der Waals surface area contributed by atoms with E-state index in [2.05, 4.69) is 25.6 Å². The molecular weight excluding hydrogens is 334 g/mol. The first kappa shape index (κ1) is 17.3. The zero-order chi connectivity index (χ0) is 18.8.